The second-order valence-corrected chi connectivity index (χ2v) is 4.72. The topological polar surface area (TPSA) is 54.3 Å². The van der Waals surface area contributed by atoms with Crippen molar-refractivity contribution in [1.29, 1.82) is 0 Å². The van der Waals surface area contributed by atoms with Gasteiger partial charge in [0.1, 0.15) is 11.9 Å². The van der Waals surface area contributed by atoms with E-state index in [1.54, 1.807) is 6.07 Å². The van der Waals surface area contributed by atoms with Crippen LogP contribution in [0.1, 0.15) is 35.2 Å². The molecular weight excluding hydrogens is 235 g/mol. The van der Waals surface area contributed by atoms with Gasteiger partial charge in [-0.2, -0.15) is 0 Å². The number of carbonyl (C=O) groups excluding carboxylic acids is 1. The fraction of sp³-hybridized carbons (Fsp3) is 0.615. The number of halogens is 1. The minimum atomic E-state index is -0.801. The zero-order valence-corrected chi connectivity index (χ0v) is 10.8. The van der Waals surface area contributed by atoms with Gasteiger partial charge >= 0.3 is 0 Å². The number of alkyl halides is 1. The first-order chi connectivity index (χ1) is 8.60. The molecule has 18 heavy (non-hydrogen) atoms. The van der Waals surface area contributed by atoms with Crippen molar-refractivity contribution in [1.82, 2.24) is 10.6 Å². The Hall–Kier alpha value is -1.36. The lowest BCUT2D eigenvalue weighted by Gasteiger charge is -2.09. The largest absolute Gasteiger partial charge is 0.456 e. The van der Waals surface area contributed by atoms with Crippen LogP contribution in [0.25, 0.3) is 0 Å². The fourth-order valence-electron chi connectivity index (χ4n) is 2.21. The van der Waals surface area contributed by atoms with Crippen molar-refractivity contribution in [3.8, 4) is 0 Å². The minimum absolute atomic E-state index is 0.0191. The Morgan fingerprint density at radius 3 is 3.00 bits per heavy atom. The van der Waals surface area contributed by atoms with Crippen LogP contribution in [0, 0.1) is 6.92 Å². The molecule has 0 radical (unpaired) electrons. The van der Waals surface area contributed by atoms with Crippen molar-refractivity contribution in [2.45, 2.75) is 38.9 Å². The van der Waals surface area contributed by atoms with E-state index in [-0.39, 0.29) is 11.9 Å². The van der Waals surface area contributed by atoms with E-state index in [0.717, 1.165) is 17.7 Å². The van der Waals surface area contributed by atoms with Gasteiger partial charge in [0.25, 0.3) is 5.91 Å². The first-order valence-corrected chi connectivity index (χ1v) is 6.35. The normalized spacial score (nSPS) is 23.3. The van der Waals surface area contributed by atoms with Crippen LogP contribution in [-0.2, 0) is 6.42 Å². The molecule has 2 N–H and O–H groups in total. The van der Waals surface area contributed by atoms with E-state index in [1.807, 2.05) is 13.8 Å². The van der Waals surface area contributed by atoms with E-state index < -0.39 is 6.17 Å². The summed E-state index contributed by atoms with van der Waals surface area (Å²) < 4.78 is 18.4. The molecule has 1 aromatic heterocycles. The summed E-state index contributed by atoms with van der Waals surface area (Å²) >= 11 is 0. The summed E-state index contributed by atoms with van der Waals surface area (Å²) in [6, 6.07) is 1.76. The molecule has 2 atom stereocenters. The number of amides is 1. The lowest BCUT2D eigenvalue weighted by molar-refractivity contribution is 0.0920. The molecule has 100 valence electrons. The summed E-state index contributed by atoms with van der Waals surface area (Å²) in [4.78, 5) is 11.8. The van der Waals surface area contributed by atoms with Crippen LogP contribution < -0.4 is 10.6 Å². The summed E-state index contributed by atoms with van der Waals surface area (Å²) in [7, 11) is 0. The quantitative estimate of drug-likeness (QED) is 0.857. The zero-order valence-electron chi connectivity index (χ0n) is 10.8. The smallest absolute Gasteiger partial charge is 0.287 e. The highest BCUT2D eigenvalue weighted by Crippen LogP contribution is 2.15. The van der Waals surface area contributed by atoms with E-state index >= 15 is 0 Å². The first kappa shape index (κ1) is 13.1. The molecule has 1 aromatic rings. The summed E-state index contributed by atoms with van der Waals surface area (Å²) in [5.74, 6) is 0.934. The van der Waals surface area contributed by atoms with Gasteiger partial charge in [0.15, 0.2) is 5.76 Å². The monoisotopic (exact) mass is 254 g/mol. The average Bonchev–Trinajstić information content (AvgIpc) is 2.92. The number of aryl methyl sites for hydroxylation is 2. The van der Waals surface area contributed by atoms with Crippen LogP contribution >= 0.6 is 0 Å². The SMILES string of the molecule is CCc1oc(C(=O)NC[C@@H]2C[C@H](F)CN2)cc1C. The van der Waals surface area contributed by atoms with Crippen LogP contribution in [0.2, 0.25) is 0 Å². The standard InChI is InChI=1S/C13H19FN2O2/c1-3-11-8(2)4-12(18-11)13(17)16-7-10-5-9(14)6-15-10/h4,9-10,15H,3,5-7H2,1-2H3,(H,16,17)/t9-,10-/m0/s1. The Kier molecular flexibility index (Phi) is 4.01. The number of hydrogen-bond donors (Lipinski definition) is 2. The van der Waals surface area contributed by atoms with Crippen molar-refractivity contribution in [3.05, 3.63) is 23.2 Å². The number of furan rings is 1. The van der Waals surface area contributed by atoms with Gasteiger partial charge in [0, 0.05) is 25.6 Å². The van der Waals surface area contributed by atoms with E-state index in [0.29, 0.717) is 25.3 Å². The Balaban J connectivity index is 1.87. The van der Waals surface area contributed by atoms with Gasteiger partial charge in [0.05, 0.1) is 0 Å². The molecule has 0 unspecified atom stereocenters. The van der Waals surface area contributed by atoms with Gasteiger partial charge in [-0.3, -0.25) is 4.79 Å². The van der Waals surface area contributed by atoms with Crippen LogP contribution in [0.5, 0.6) is 0 Å². The van der Waals surface area contributed by atoms with Crippen LogP contribution in [-0.4, -0.2) is 31.2 Å². The molecule has 1 amide bonds. The predicted molar refractivity (Wildman–Crippen MR) is 66.5 cm³/mol. The summed E-state index contributed by atoms with van der Waals surface area (Å²) in [5.41, 5.74) is 0.991. The average molecular weight is 254 g/mol. The highest BCUT2D eigenvalue weighted by atomic mass is 19.1. The first-order valence-electron chi connectivity index (χ1n) is 6.35. The minimum Gasteiger partial charge on any atom is -0.456 e. The Morgan fingerprint density at radius 1 is 1.67 bits per heavy atom. The highest BCUT2D eigenvalue weighted by molar-refractivity contribution is 5.91. The molecule has 1 fully saturated rings. The molecule has 1 aliphatic rings. The maximum atomic E-state index is 12.9. The van der Waals surface area contributed by atoms with Crippen molar-refractivity contribution in [3.63, 3.8) is 0 Å². The third kappa shape index (κ3) is 2.90. The molecular formula is C13H19FN2O2. The molecule has 5 heteroatoms. The lowest BCUT2D eigenvalue weighted by Crippen LogP contribution is -2.37. The fourth-order valence-corrected chi connectivity index (χ4v) is 2.21. The Morgan fingerprint density at radius 2 is 2.44 bits per heavy atom. The van der Waals surface area contributed by atoms with Crippen molar-refractivity contribution < 1.29 is 13.6 Å². The van der Waals surface area contributed by atoms with Gasteiger partial charge in [0.2, 0.25) is 0 Å². The summed E-state index contributed by atoms with van der Waals surface area (Å²) in [6.45, 7) is 4.71. The molecule has 1 saturated heterocycles. The van der Waals surface area contributed by atoms with Crippen molar-refractivity contribution in [2.24, 2.45) is 0 Å². The van der Waals surface area contributed by atoms with Crippen molar-refractivity contribution in [2.75, 3.05) is 13.1 Å². The second kappa shape index (κ2) is 5.52. The lowest BCUT2D eigenvalue weighted by atomic mass is 10.2. The molecule has 4 nitrogen and oxygen atoms in total. The zero-order chi connectivity index (χ0) is 13.1. The molecule has 0 aromatic carbocycles. The van der Waals surface area contributed by atoms with Gasteiger partial charge < -0.3 is 15.1 Å². The Bertz CT molecular complexity index is 431. The second-order valence-electron chi connectivity index (χ2n) is 4.72. The van der Waals surface area contributed by atoms with E-state index in [1.165, 1.54) is 0 Å². The molecule has 0 saturated carbocycles. The Labute approximate surface area is 106 Å². The van der Waals surface area contributed by atoms with Gasteiger partial charge in [-0.1, -0.05) is 6.92 Å². The number of rotatable bonds is 4. The van der Waals surface area contributed by atoms with Crippen LogP contribution in [0.3, 0.4) is 0 Å². The summed E-state index contributed by atoms with van der Waals surface area (Å²) in [5, 5.41) is 5.78. The molecule has 0 bridgehead atoms. The van der Waals surface area contributed by atoms with E-state index in [9.17, 15) is 9.18 Å². The third-order valence-electron chi connectivity index (χ3n) is 3.24. The number of carbonyl (C=O) groups is 1. The van der Waals surface area contributed by atoms with Gasteiger partial charge in [-0.05, 0) is 25.0 Å². The van der Waals surface area contributed by atoms with Crippen molar-refractivity contribution >= 4 is 5.91 Å². The van der Waals surface area contributed by atoms with Gasteiger partial charge in [-0.15, -0.1) is 0 Å². The van der Waals surface area contributed by atoms with Crippen LogP contribution in [0.4, 0.5) is 4.39 Å². The molecule has 2 heterocycles. The molecule has 2 rings (SSSR count). The summed E-state index contributed by atoms with van der Waals surface area (Å²) in [6.07, 6.45) is 0.425. The maximum absolute atomic E-state index is 12.9. The number of nitrogens with one attached hydrogen (secondary N) is 2. The molecule has 0 spiro atoms. The van der Waals surface area contributed by atoms with Gasteiger partial charge in [-0.25, -0.2) is 4.39 Å². The van der Waals surface area contributed by atoms with E-state index in [4.69, 9.17) is 4.42 Å². The molecule has 1 aliphatic heterocycles. The highest BCUT2D eigenvalue weighted by Gasteiger charge is 2.24. The predicted octanol–water partition coefficient (Wildman–Crippen LogP) is 1.58. The van der Waals surface area contributed by atoms with E-state index in [2.05, 4.69) is 10.6 Å². The maximum Gasteiger partial charge on any atom is 0.287 e. The van der Waals surface area contributed by atoms with Crippen LogP contribution in [0.15, 0.2) is 10.5 Å². The third-order valence-corrected chi connectivity index (χ3v) is 3.24. The number of hydrogen-bond acceptors (Lipinski definition) is 3. The molecule has 0 aliphatic carbocycles.